The van der Waals surface area contributed by atoms with Crippen LogP contribution in [0.3, 0.4) is 0 Å². The van der Waals surface area contributed by atoms with Crippen LogP contribution in [0.5, 0.6) is 0 Å². The molecule has 0 saturated heterocycles. The molecule has 0 radical (unpaired) electrons. The van der Waals surface area contributed by atoms with E-state index in [-0.39, 0.29) is 5.41 Å². The highest BCUT2D eigenvalue weighted by Crippen LogP contribution is 2.32. The summed E-state index contributed by atoms with van der Waals surface area (Å²) in [5.74, 6) is 0.828. The van der Waals surface area contributed by atoms with Gasteiger partial charge < -0.3 is 10.6 Å². The van der Waals surface area contributed by atoms with Crippen molar-refractivity contribution in [2.45, 2.75) is 72.3 Å². The maximum absolute atomic E-state index is 13.0. The fourth-order valence-electron chi connectivity index (χ4n) is 3.24. The van der Waals surface area contributed by atoms with Crippen LogP contribution in [0, 0.1) is 11.3 Å². The summed E-state index contributed by atoms with van der Waals surface area (Å²) in [5.41, 5.74) is 5.61. The first kappa shape index (κ1) is 16.5. The van der Waals surface area contributed by atoms with Gasteiger partial charge in [0.15, 0.2) is 0 Å². The molecule has 0 bridgehead atoms. The standard InChI is InChI=1S/C16H32N2O/c1-5-16(6-2,12-17)15(19)18(11-13(3)4)14-9-7-8-10-14/h13-14H,5-12,17H2,1-4H3. The Labute approximate surface area is 118 Å². The summed E-state index contributed by atoms with van der Waals surface area (Å²) in [6.07, 6.45) is 6.57. The summed E-state index contributed by atoms with van der Waals surface area (Å²) in [5, 5.41) is 0. The number of carbonyl (C=O) groups excluding carboxylic acids is 1. The van der Waals surface area contributed by atoms with Crippen LogP contribution < -0.4 is 5.73 Å². The summed E-state index contributed by atoms with van der Waals surface area (Å²) in [6.45, 7) is 9.92. The second-order valence-corrected chi connectivity index (χ2v) is 6.48. The van der Waals surface area contributed by atoms with E-state index in [1.54, 1.807) is 0 Å². The van der Waals surface area contributed by atoms with Crippen LogP contribution in [0.25, 0.3) is 0 Å². The van der Waals surface area contributed by atoms with Gasteiger partial charge in [0.1, 0.15) is 0 Å². The summed E-state index contributed by atoms with van der Waals surface area (Å²) < 4.78 is 0. The Bertz CT molecular complexity index is 270. The van der Waals surface area contributed by atoms with Gasteiger partial charge in [-0.15, -0.1) is 0 Å². The molecule has 1 fully saturated rings. The molecule has 19 heavy (non-hydrogen) atoms. The van der Waals surface area contributed by atoms with E-state index in [1.165, 1.54) is 25.7 Å². The van der Waals surface area contributed by atoms with Gasteiger partial charge in [-0.25, -0.2) is 0 Å². The first-order valence-electron chi connectivity index (χ1n) is 8.01. The lowest BCUT2D eigenvalue weighted by molar-refractivity contribution is -0.145. The fraction of sp³-hybridized carbons (Fsp3) is 0.938. The van der Waals surface area contributed by atoms with Gasteiger partial charge in [0.05, 0.1) is 5.41 Å². The molecule has 0 aromatic rings. The molecule has 0 spiro atoms. The van der Waals surface area contributed by atoms with Gasteiger partial charge in [-0.3, -0.25) is 4.79 Å². The molecule has 1 amide bonds. The Balaban J connectivity index is 2.91. The third-order valence-electron chi connectivity index (χ3n) is 4.79. The molecule has 0 aliphatic heterocycles. The third kappa shape index (κ3) is 3.71. The summed E-state index contributed by atoms with van der Waals surface area (Å²) in [7, 11) is 0. The zero-order valence-electron chi connectivity index (χ0n) is 13.2. The van der Waals surface area contributed by atoms with Crippen molar-refractivity contribution < 1.29 is 4.79 Å². The summed E-state index contributed by atoms with van der Waals surface area (Å²) in [4.78, 5) is 15.2. The minimum absolute atomic E-state index is 0.306. The van der Waals surface area contributed by atoms with E-state index in [0.717, 1.165) is 19.4 Å². The van der Waals surface area contributed by atoms with Crippen molar-refractivity contribution in [1.29, 1.82) is 0 Å². The molecule has 0 unspecified atom stereocenters. The molecule has 0 atom stereocenters. The van der Waals surface area contributed by atoms with Gasteiger partial charge in [0.2, 0.25) is 5.91 Å². The Hall–Kier alpha value is -0.570. The van der Waals surface area contributed by atoms with E-state index >= 15 is 0 Å². The van der Waals surface area contributed by atoms with E-state index in [0.29, 0.717) is 24.4 Å². The number of carbonyl (C=O) groups is 1. The quantitative estimate of drug-likeness (QED) is 0.771. The lowest BCUT2D eigenvalue weighted by atomic mass is 9.80. The van der Waals surface area contributed by atoms with E-state index in [9.17, 15) is 4.79 Å². The molecule has 0 aromatic heterocycles. The van der Waals surface area contributed by atoms with Gasteiger partial charge in [-0.05, 0) is 31.6 Å². The predicted octanol–water partition coefficient (Wildman–Crippen LogP) is 3.18. The number of hydrogen-bond acceptors (Lipinski definition) is 2. The van der Waals surface area contributed by atoms with E-state index in [1.807, 2.05) is 0 Å². The summed E-state index contributed by atoms with van der Waals surface area (Å²) >= 11 is 0. The van der Waals surface area contributed by atoms with Gasteiger partial charge >= 0.3 is 0 Å². The molecular formula is C16H32N2O. The molecule has 2 N–H and O–H groups in total. The van der Waals surface area contributed by atoms with Crippen molar-refractivity contribution in [2.75, 3.05) is 13.1 Å². The van der Waals surface area contributed by atoms with Crippen LogP contribution >= 0.6 is 0 Å². The lowest BCUT2D eigenvalue weighted by Crippen LogP contribution is -2.51. The molecular weight excluding hydrogens is 236 g/mol. The maximum Gasteiger partial charge on any atom is 0.230 e. The normalized spacial score (nSPS) is 17.2. The third-order valence-corrected chi connectivity index (χ3v) is 4.79. The zero-order valence-corrected chi connectivity index (χ0v) is 13.2. The first-order chi connectivity index (χ1) is 9.00. The molecule has 112 valence electrons. The van der Waals surface area contributed by atoms with Gasteiger partial charge in [-0.2, -0.15) is 0 Å². The van der Waals surface area contributed by atoms with Crippen molar-refractivity contribution in [2.24, 2.45) is 17.1 Å². The topological polar surface area (TPSA) is 46.3 Å². The SMILES string of the molecule is CCC(CC)(CN)C(=O)N(CC(C)C)C1CCCC1. The average molecular weight is 268 g/mol. The number of hydrogen-bond donors (Lipinski definition) is 1. The predicted molar refractivity (Wildman–Crippen MR) is 80.9 cm³/mol. The van der Waals surface area contributed by atoms with E-state index < -0.39 is 0 Å². The fourth-order valence-corrected chi connectivity index (χ4v) is 3.24. The molecule has 0 aromatic carbocycles. The smallest absolute Gasteiger partial charge is 0.230 e. The molecule has 1 aliphatic carbocycles. The minimum atomic E-state index is -0.336. The van der Waals surface area contributed by atoms with Crippen LogP contribution in [0.2, 0.25) is 0 Å². The van der Waals surface area contributed by atoms with Crippen molar-refractivity contribution >= 4 is 5.91 Å². The van der Waals surface area contributed by atoms with Crippen LogP contribution in [0.15, 0.2) is 0 Å². The molecule has 1 rings (SSSR count). The second kappa shape index (κ2) is 7.28. The zero-order chi connectivity index (χ0) is 14.5. The molecule has 0 heterocycles. The van der Waals surface area contributed by atoms with Gasteiger partial charge in [0.25, 0.3) is 0 Å². The second-order valence-electron chi connectivity index (χ2n) is 6.48. The number of nitrogens with two attached hydrogens (primary N) is 1. The first-order valence-corrected chi connectivity index (χ1v) is 8.01. The monoisotopic (exact) mass is 268 g/mol. The van der Waals surface area contributed by atoms with Crippen molar-refractivity contribution in [3.63, 3.8) is 0 Å². The highest BCUT2D eigenvalue weighted by molar-refractivity contribution is 5.83. The highest BCUT2D eigenvalue weighted by Gasteiger charge is 2.39. The molecule has 1 saturated carbocycles. The Morgan fingerprint density at radius 2 is 1.79 bits per heavy atom. The van der Waals surface area contributed by atoms with Crippen LogP contribution in [0.4, 0.5) is 0 Å². The van der Waals surface area contributed by atoms with E-state index in [2.05, 4.69) is 32.6 Å². The highest BCUT2D eigenvalue weighted by atomic mass is 16.2. The number of amides is 1. The molecule has 3 nitrogen and oxygen atoms in total. The minimum Gasteiger partial charge on any atom is -0.339 e. The maximum atomic E-state index is 13.0. The van der Waals surface area contributed by atoms with Gasteiger partial charge in [-0.1, -0.05) is 40.5 Å². The summed E-state index contributed by atoms with van der Waals surface area (Å²) in [6, 6.07) is 0.457. The molecule has 3 heteroatoms. The Morgan fingerprint density at radius 3 is 2.16 bits per heavy atom. The van der Waals surface area contributed by atoms with Crippen LogP contribution in [-0.4, -0.2) is 29.9 Å². The van der Waals surface area contributed by atoms with Gasteiger partial charge in [0, 0.05) is 19.1 Å². The Morgan fingerprint density at radius 1 is 1.26 bits per heavy atom. The van der Waals surface area contributed by atoms with Crippen LogP contribution in [-0.2, 0) is 4.79 Å². The van der Waals surface area contributed by atoms with Crippen molar-refractivity contribution in [3.05, 3.63) is 0 Å². The van der Waals surface area contributed by atoms with Crippen molar-refractivity contribution in [1.82, 2.24) is 4.90 Å². The largest absolute Gasteiger partial charge is 0.339 e. The van der Waals surface area contributed by atoms with Crippen LogP contribution in [0.1, 0.15) is 66.2 Å². The molecule has 1 aliphatic rings. The number of rotatable bonds is 7. The van der Waals surface area contributed by atoms with E-state index in [4.69, 9.17) is 5.73 Å². The average Bonchev–Trinajstić information content (AvgIpc) is 2.92. The lowest BCUT2D eigenvalue weighted by Gasteiger charge is -2.39. The Kier molecular flexibility index (Phi) is 6.31. The van der Waals surface area contributed by atoms with Crippen molar-refractivity contribution in [3.8, 4) is 0 Å². The number of nitrogens with zero attached hydrogens (tertiary/aromatic N) is 1.